The third-order valence-corrected chi connectivity index (χ3v) is 5.66. The van der Waals surface area contributed by atoms with Crippen LogP contribution in [0.2, 0.25) is 0 Å². The van der Waals surface area contributed by atoms with Gasteiger partial charge in [0.1, 0.15) is 11.9 Å². The van der Waals surface area contributed by atoms with Gasteiger partial charge in [-0.25, -0.2) is 4.39 Å². The predicted octanol–water partition coefficient (Wildman–Crippen LogP) is 5.09. The first-order valence-corrected chi connectivity index (χ1v) is 11.7. The van der Waals surface area contributed by atoms with E-state index >= 15 is 0 Å². The van der Waals surface area contributed by atoms with Gasteiger partial charge in [0, 0.05) is 19.5 Å². The quantitative estimate of drug-likeness (QED) is 0.458. The normalized spacial score (nSPS) is 11.8. The van der Waals surface area contributed by atoms with E-state index in [1.54, 1.807) is 17.0 Å². The topological polar surface area (TPSA) is 49.4 Å². The molecule has 0 saturated carbocycles. The Labute approximate surface area is 201 Å². The number of halogens is 1. The minimum absolute atomic E-state index is 0.0921. The summed E-state index contributed by atoms with van der Waals surface area (Å²) in [5.74, 6) is -0.393. The highest BCUT2D eigenvalue weighted by molar-refractivity contribution is 5.88. The molecule has 3 aromatic carbocycles. The fourth-order valence-corrected chi connectivity index (χ4v) is 3.86. The molecule has 0 spiro atoms. The van der Waals surface area contributed by atoms with Gasteiger partial charge in [-0.15, -0.1) is 0 Å². The van der Waals surface area contributed by atoms with Gasteiger partial charge in [0.2, 0.25) is 11.8 Å². The number of nitrogens with one attached hydrogen (secondary N) is 1. The van der Waals surface area contributed by atoms with Crippen LogP contribution in [0, 0.1) is 18.7 Å². The van der Waals surface area contributed by atoms with Crippen molar-refractivity contribution in [3.63, 3.8) is 0 Å². The molecule has 2 amide bonds. The van der Waals surface area contributed by atoms with Crippen molar-refractivity contribution in [1.82, 2.24) is 10.2 Å². The zero-order chi connectivity index (χ0) is 24.5. The molecule has 1 unspecified atom stereocenters. The molecule has 0 heterocycles. The second-order valence-corrected chi connectivity index (χ2v) is 9.16. The van der Waals surface area contributed by atoms with E-state index in [4.69, 9.17) is 0 Å². The van der Waals surface area contributed by atoms with Crippen LogP contribution in [0.4, 0.5) is 4.39 Å². The molecule has 1 N–H and O–H groups in total. The van der Waals surface area contributed by atoms with Crippen molar-refractivity contribution in [2.24, 2.45) is 5.92 Å². The average molecular weight is 461 g/mol. The second kappa shape index (κ2) is 12.1. The molecule has 178 valence electrons. The number of hydrogen-bond acceptors (Lipinski definition) is 2. The van der Waals surface area contributed by atoms with Crippen LogP contribution in [0.5, 0.6) is 0 Å². The number of nitrogens with zero attached hydrogens (tertiary/aromatic N) is 1. The maximum atomic E-state index is 13.6. The molecule has 0 aliphatic heterocycles. The van der Waals surface area contributed by atoms with Crippen molar-refractivity contribution < 1.29 is 14.0 Å². The van der Waals surface area contributed by atoms with Gasteiger partial charge in [-0.3, -0.25) is 9.59 Å². The SMILES string of the molecule is Cc1cccc(CN(C(=O)Cc2ccc(F)cc2)C(Cc2ccccc2)C(=O)NCC(C)C)c1. The van der Waals surface area contributed by atoms with Crippen molar-refractivity contribution in [1.29, 1.82) is 0 Å². The zero-order valence-electron chi connectivity index (χ0n) is 20.1. The summed E-state index contributed by atoms with van der Waals surface area (Å²) in [6.45, 7) is 6.93. The molecule has 0 bridgehead atoms. The van der Waals surface area contributed by atoms with Crippen LogP contribution in [0.3, 0.4) is 0 Å². The molecule has 0 fully saturated rings. The molecular formula is C29H33FN2O2. The molecule has 0 aliphatic carbocycles. The monoisotopic (exact) mass is 460 g/mol. The van der Waals surface area contributed by atoms with Crippen LogP contribution >= 0.6 is 0 Å². The molecule has 5 heteroatoms. The van der Waals surface area contributed by atoms with Gasteiger partial charge in [0.25, 0.3) is 0 Å². The number of carbonyl (C=O) groups excluding carboxylic acids is 2. The van der Waals surface area contributed by atoms with Gasteiger partial charge in [-0.1, -0.05) is 86.1 Å². The summed E-state index contributed by atoms with van der Waals surface area (Å²) >= 11 is 0. The number of aryl methyl sites for hydroxylation is 1. The first-order chi connectivity index (χ1) is 16.3. The van der Waals surface area contributed by atoms with Crippen LogP contribution in [-0.2, 0) is 29.0 Å². The third kappa shape index (κ3) is 7.55. The first kappa shape index (κ1) is 25.2. The van der Waals surface area contributed by atoms with Crippen LogP contribution in [-0.4, -0.2) is 29.3 Å². The maximum Gasteiger partial charge on any atom is 0.243 e. The number of benzene rings is 3. The first-order valence-electron chi connectivity index (χ1n) is 11.7. The average Bonchev–Trinajstić information content (AvgIpc) is 2.82. The number of rotatable bonds is 10. The Morgan fingerprint density at radius 1 is 0.882 bits per heavy atom. The summed E-state index contributed by atoms with van der Waals surface area (Å²) in [6, 6.07) is 23.0. The van der Waals surface area contributed by atoms with Gasteiger partial charge in [-0.05, 0) is 41.7 Å². The number of carbonyl (C=O) groups is 2. The van der Waals surface area contributed by atoms with Gasteiger partial charge in [-0.2, -0.15) is 0 Å². The van der Waals surface area contributed by atoms with Crippen molar-refractivity contribution in [3.05, 3.63) is 107 Å². The van der Waals surface area contributed by atoms with E-state index in [1.165, 1.54) is 12.1 Å². The Kier molecular flexibility index (Phi) is 8.97. The molecule has 1 atom stereocenters. The Morgan fingerprint density at radius 2 is 1.56 bits per heavy atom. The molecule has 0 aromatic heterocycles. The van der Waals surface area contributed by atoms with Crippen molar-refractivity contribution >= 4 is 11.8 Å². The van der Waals surface area contributed by atoms with Crippen LogP contribution in [0.1, 0.15) is 36.1 Å². The van der Waals surface area contributed by atoms with Crippen molar-refractivity contribution in [2.75, 3.05) is 6.54 Å². The summed E-state index contributed by atoms with van der Waals surface area (Å²) in [5, 5.41) is 3.02. The number of hydrogen-bond donors (Lipinski definition) is 1. The maximum absolute atomic E-state index is 13.6. The van der Waals surface area contributed by atoms with Crippen LogP contribution in [0.25, 0.3) is 0 Å². The van der Waals surface area contributed by atoms with E-state index in [9.17, 15) is 14.0 Å². The highest BCUT2D eigenvalue weighted by Crippen LogP contribution is 2.17. The summed E-state index contributed by atoms with van der Waals surface area (Å²) in [5.41, 5.74) is 3.74. The van der Waals surface area contributed by atoms with Crippen LogP contribution < -0.4 is 5.32 Å². The molecule has 0 aliphatic rings. The second-order valence-electron chi connectivity index (χ2n) is 9.16. The summed E-state index contributed by atoms with van der Waals surface area (Å²) in [4.78, 5) is 28.7. The molecule has 0 saturated heterocycles. The zero-order valence-corrected chi connectivity index (χ0v) is 20.1. The van der Waals surface area contributed by atoms with E-state index < -0.39 is 6.04 Å². The summed E-state index contributed by atoms with van der Waals surface area (Å²) in [7, 11) is 0. The van der Waals surface area contributed by atoms with E-state index in [0.29, 0.717) is 31.0 Å². The van der Waals surface area contributed by atoms with Crippen molar-refractivity contribution in [3.8, 4) is 0 Å². The standard InChI is InChI=1S/C29H33FN2O2/c1-21(2)19-31-29(34)27(17-23-9-5-4-6-10-23)32(20-25-11-7-8-22(3)16-25)28(33)18-24-12-14-26(30)15-13-24/h4-16,21,27H,17-20H2,1-3H3,(H,31,34). The lowest BCUT2D eigenvalue weighted by molar-refractivity contribution is -0.140. The van der Waals surface area contributed by atoms with Crippen molar-refractivity contribution in [2.45, 2.75) is 46.2 Å². The van der Waals surface area contributed by atoms with E-state index in [2.05, 4.69) is 5.32 Å². The number of amides is 2. The van der Waals surface area contributed by atoms with E-state index in [0.717, 1.165) is 16.7 Å². The minimum Gasteiger partial charge on any atom is -0.354 e. The minimum atomic E-state index is -0.672. The van der Waals surface area contributed by atoms with Gasteiger partial charge in [0.15, 0.2) is 0 Å². The Balaban J connectivity index is 1.94. The molecule has 3 aromatic rings. The fraction of sp³-hybridized carbons (Fsp3) is 0.310. The van der Waals surface area contributed by atoms with E-state index in [-0.39, 0.29) is 24.1 Å². The lowest BCUT2D eigenvalue weighted by Crippen LogP contribution is -2.51. The van der Waals surface area contributed by atoms with Gasteiger partial charge in [0.05, 0.1) is 6.42 Å². The fourth-order valence-electron chi connectivity index (χ4n) is 3.86. The smallest absolute Gasteiger partial charge is 0.243 e. The molecule has 0 radical (unpaired) electrons. The lowest BCUT2D eigenvalue weighted by atomic mass is 10.0. The highest BCUT2D eigenvalue weighted by Gasteiger charge is 2.30. The molecular weight excluding hydrogens is 427 g/mol. The molecule has 4 nitrogen and oxygen atoms in total. The summed E-state index contributed by atoms with van der Waals surface area (Å²) in [6.07, 6.45) is 0.501. The van der Waals surface area contributed by atoms with Gasteiger partial charge >= 0.3 is 0 Å². The third-order valence-electron chi connectivity index (χ3n) is 5.66. The molecule has 3 rings (SSSR count). The lowest BCUT2D eigenvalue weighted by Gasteiger charge is -2.32. The summed E-state index contributed by atoms with van der Waals surface area (Å²) < 4.78 is 13.4. The molecule has 34 heavy (non-hydrogen) atoms. The Bertz CT molecular complexity index is 1080. The van der Waals surface area contributed by atoms with E-state index in [1.807, 2.05) is 75.4 Å². The Hall–Kier alpha value is -3.47. The van der Waals surface area contributed by atoms with Crippen LogP contribution in [0.15, 0.2) is 78.9 Å². The van der Waals surface area contributed by atoms with Gasteiger partial charge < -0.3 is 10.2 Å². The largest absolute Gasteiger partial charge is 0.354 e. The highest BCUT2D eigenvalue weighted by atomic mass is 19.1. The Morgan fingerprint density at radius 3 is 2.21 bits per heavy atom. The predicted molar refractivity (Wildman–Crippen MR) is 134 cm³/mol.